The summed E-state index contributed by atoms with van der Waals surface area (Å²) in [5.74, 6) is 0. The van der Waals surface area contributed by atoms with E-state index in [2.05, 4.69) is 41.0 Å². The van der Waals surface area contributed by atoms with Crippen molar-refractivity contribution < 1.29 is 0 Å². The summed E-state index contributed by atoms with van der Waals surface area (Å²) in [5.41, 5.74) is 4.22. The molecule has 4 heteroatoms. The van der Waals surface area contributed by atoms with Crippen LogP contribution in [0.1, 0.15) is 23.5 Å². The van der Waals surface area contributed by atoms with Crippen LogP contribution in [0.3, 0.4) is 0 Å². The van der Waals surface area contributed by atoms with Crippen LogP contribution in [-0.2, 0) is 0 Å². The molecule has 2 aromatic heterocycles. The maximum Gasteiger partial charge on any atom is 0.0798 e. The van der Waals surface area contributed by atoms with Crippen molar-refractivity contribution in [3.63, 3.8) is 0 Å². The third-order valence-electron chi connectivity index (χ3n) is 2.08. The number of nitrogens with one attached hydrogen (secondary N) is 1. The van der Waals surface area contributed by atoms with E-state index in [1.165, 1.54) is 10.6 Å². The molecule has 0 spiro atoms. The monoisotopic (exact) mass is 224 g/mol. The highest BCUT2D eigenvalue weighted by Gasteiger charge is 2.10. The fourth-order valence-electron chi connectivity index (χ4n) is 1.39. The molecule has 0 bridgehead atoms. The zero-order chi connectivity index (χ0) is 9.97. The number of aromatic nitrogens is 1. The molecule has 14 heavy (non-hydrogen) atoms. The second kappa shape index (κ2) is 4.11. The van der Waals surface area contributed by atoms with Crippen molar-refractivity contribution in [2.24, 2.45) is 0 Å². The molecule has 2 aromatic rings. The fourth-order valence-corrected chi connectivity index (χ4v) is 2.80. The van der Waals surface area contributed by atoms with Crippen LogP contribution >= 0.6 is 22.7 Å². The first-order valence-electron chi connectivity index (χ1n) is 4.46. The van der Waals surface area contributed by atoms with Gasteiger partial charge in [0.1, 0.15) is 0 Å². The zero-order valence-corrected chi connectivity index (χ0v) is 9.78. The lowest BCUT2D eigenvalue weighted by Crippen LogP contribution is -2.05. The Morgan fingerprint density at radius 2 is 2.36 bits per heavy atom. The number of thiophene rings is 1. The van der Waals surface area contributed by atoms with Crippen molar-refractivity contribution in [3.05, 3.63) is 32.9 Å². The van der Waals surface area contributed by atoms with Gasteiger partial charge in [0.25, 0.3) is 0 Å². The molecule has 0 saturated carbocycles. The number of aryl methyl sites for hydroxylation is 1. The Bertz CT molecular complexity index is 392. The second-order valence-electron chi connectivity index (χ2n) is 3.18. The van der Waals surface area contributed by atoms with Crippen LogP contribution < -0.4 is 5.32 Å². The molecule has 2 heterocycles. The van der Waals surface area contributed by atoms with E-state index >= 15 is 0 Å². The third kappa shape index (κ3) is 1.96. The summed E-state index contributed by atoms with van der Waals surface area (Å²) in [5, 5.41) is 7.64. The van der Waals surface area contributed by atoms with E-state index in [4.69, 9.17) is 0 Å². The van der Waals surface area contributed by atoms with Gasteiger partial charge in [0, 0.05) is 15.9 Å². The summed E-state index contributed by atoms with van der Waals surface area (Å²) in [4.78, 5) is 5.56. The van der Waals surface area contributed by atoms with Crippen LogP contribution in [0.2, 0.25) is 0 Å². The molecule has 0 fully saturated rings. The first-order valence-corrected chi connectivity index (χ1v) is 6.28. The molecule has 0 aromatic carbocycles. The SMILES string of the molecule is Cc1ncsc1C(C)Nc1ccsc1. The van der Waals surface area contributed by atoms with E-state index in [9.17, 15) is 0 Å². The molecule has 0 aliphatic carbocycles. The van der Waals surface area contributed by atoms with Crippen molar-refractivity contribution >= 4 is 28.4 Å². The van der Waals surface area contributed by atoms with Crippen LogP contribution in [0.5, 0.6) is 0 Å². The number of thiazole rings is 1. The highest BCUT2D eigenvalue weighted by Crippen LogP contribution is 2.25. The van der Waals surface area contributed by atoms with Crippen LogP contribution in [0.25, 0.3) is 0 Å². The Hall–Kier alpha value is -0.870. The van der Waals surface area contributed by atoms with Crippen molar-refractivity contribution in [2.45, 2.75) is 19.9 Å². The Morgan fingerprint density at radius 3 is 2.93 bits per heavy atom. The molecule has 0 radical (unpaired) electrons. The molecule has 2 rings (SSSR count). The molecule has 0 amide bonds. The van der Waals surface area contributed by atoms with Gasteiger partial charge in [0.2, 0.25) is 0 Å². The summed E-state index contributed by atoms with van der Waals surface area (Å²) in [6, 6.07) is 2.44. The normalized spacial score (nSPS) is 12.7. The number of anilines is 1. The number of rotatable bonds is 3. The number of hydrogen-bond donors (Lipinski definition) is 1. The van der Waals surface area contributed by atoms with Gasteiger partial charge in [-0.05, 0) is 25.3 Å². The average molecular weight is 224 g/mol. The van der Waals surface area contributed by atoms with E-state index in [1.54, 1.807) is 22.7 Å². The average Bonchev–Trinajstić information content (AvgIpc) is 2.75. The van der Waals surface area contributed by atoms with Gasteiger partial charge in [-0.15, -0.1) is 11.3 Å². The summed E-state index contributed by atoms with van der Waals surface area (Å²) in [6.07, 6.45) is 0. The number of hydrogen-bond acceptors (Lipinski definition) is 4. The van der Waals surface area contributed by atoms with Gasteiger partial charge in [-0.25, -0.2) is 4.98 Å². The van der Waals surface area contributed by atoms with Gasteiger partial charge in [0.15, 0.2) is 0 Å². The van der Waals surface area contributed by atoms with Crippen molar-refractivity contribution in [1.82, 2.24) is 4.98 Å². The van der Waals surface area contributed by atoms with E-state index in [1.807, 2.05) is 5.51 Å². The van der Waals surface area contributed by atoms with Crippen molar-refractivity contribution in [1.29, 1.82) is 0 Å². The molecule has 1 N–H and O–H groups in total. The van der Waals surface area contributed by atoms with E-state index < -0.39 is 0 Å². The van der Waals surface area contributed by atoms with E-state index in [0.717, 1.165) is 5.69 Å². The van der Waals surface area contributed by atoms with Crippen LogP contribution in [0, 0.1) is 6.92 Å². The maximum atomic E-state index is 4.25. The van der Waals surface area contributed by atoms with E-state index in [0.29, 0.717) is 6.04 Å². The molecule has 74 valence electrons. The van der Waals surface area contributed by atoms with Crippen molar-refractivity contribution in [3.8, 4) is 0 Å². The molecule has 2 nitrogen and oxygen atoms in total. The highest BCUT2D eigenvalue weighted by atomic mass is 32.1. The Morgan fingerprint density at radius 1 is 1.50 bits per heavy atom. The van der Waals surface area contributed by atoms with Gasteiger partial charge in [-0.1, -0.05) is 0 Å². The summed E-state index contributed by atoms with van der Waals surface area (Å²) in [6.45, 7) is 4.22. The number of nitrogens with zero attached hydrogens (tertiary/aromatic N) is 1. The Labute approximate surface area is 91.6 Å². The van der Waals surface area contributed by atoms with Gasteiger partial charge >= 0.3 is 0 Å². The first kappa shape index (κ1) is 9.68. The maximum absolute atomic E-state index is 4.25. The minimum Gasteiger partial charge on any atom is -0.377 e. The summed E-state index contributed by atoms with van der Waals surface area (Å²) < 4.78 is 0. The second-order valence-corrected chi connectivity index (χ2v) is 4.85. The molecule has 0 aliphatic heterocycles. The quantitative estimate of drug-likeness (QED) is 0.860. The minimum atomic E-state index is 0.345. The lowest BCUT2D eigenvalue weighted by atomic mass is 10.2. The molecular weight excluding hydrogens is 212 g/mol. The summed E-state index contributed by atoms with van der Waals surface area (Å²) >= 11 is 3.42. The van der Waals surface area contributed by atoms with Crippen LogP contribution in [-0.4, -0.2) is 4.98 Å². The lowest BCUT2D eigenvalue weighted by Gasteiger charge is -2.12. The lowest BCUT2D eigenvalue weighted by molar-refractivity contribution is 0.892. The first-order chi connectivity index (χ1) is 6.77. The van der Waals surface area contributed by atoms with Gasteiger partial charge in [-0.2, -0.15) is 11.3 Å². The standard InChI is InChI=1S/C10H12N2S2/c1-7-10(14-6-11-7)8(2)12-9-3-4-13-5-9/h3-6,8,12H,1-2H3. The van der Waals surface area contributed by atoms with Crippen LogP contribution in [0.4, 0.5) is 5.69 Å². The predicted octanol–water partition coefficient (Wildman–Crippen LogP) is 3.69. The molecule has 1 atom stereocenters. The van der Waals surface area contributed by atoms with Crippen molar-refractivity contribution in [2.75, 3.05) is 5.32 Å². The Kier molecular flexibility index (Phi) is 2.84. The molecule has 0 saturated heterocycles. The van der Waals surface area contributed by atoms with E-state index in [-0.39, 0.29) is 0 Å². The zero-order valence-electron chi connectivity index (χ0n) is 8.15. The topological polar surface area (TPSA) is 24.9 Å². The van der Waals surface area contributed by atoms with Gasteiger partial charge < -0.3 is 5.32 Å². The highest BCUT2D eigenvalue weighted by molar-refractivity contribution is 7.09. The largest absolute Gasteiger partial charge is 0.377 e. The third-order valence-corrected chi connectivity index (χ3v) is 3.88. The molecular formula is C10H12N2S2. The fraction of sp³-hybridized carbons (Fsp3) is 0.300. The predicted molar refractivity (Wildman–Crippen MR) is 63.2 cm³/mol. The molecule has 1 unspecified atom stereocenters. The van der Waals surface area contributed by atoms with Gasteiger partial charge in [-0.3, -0.25) is 0 Å². The smallest absolute Gasteiger partial charge is 0.0798 e. The van der Waals surface area contributed by atoms with Gasteiger partial charge in [0.05, 0.1) is 17.2 Å². The molecule has 0 aliphatic rings. The Balaban J connectivity index is 2.10. The van der Waals surface area contributed by atoms with Crippen LogP contribution in [0.15, 0.2) is 22.3 Å². The summed E-state index contributed by atoms with van der Waals surface area (Å²) in [7, 11) is 0. The minimum absolute atomic E-state index is 0.345.